The summed E-state index contributed by atoms with van der Waals surface area (Å²) in [5, 5.41) is 0. The van der Waals surface area contributed by atoms with E-state index in [1.165, 1.54) is 10.6 Å². The molecule has 0 aliphatic carbocycles. The van der Waals surface area contributed by atoms with Crippen molar-refractivity contribution in [2.24, 2.45) is 5.41 Å². The molecule has 0 aromatic carbocycles. The zero-order chi connectivity index (χ0) is 17.2. The molecule has 1 aromatic heterocycles. The van der Waals surface area contributed by atoms with Crippen LogP contribution in [0.2, 0.25) is 0 Å². The number of pyridine rings is 1. The van der Waals surface area contributed by atoms with Gasteiger partial charge < -0.3 is 14.4 Å². The number of likely N-dealkylation sites (tertiary alicyclic amines) is 2. The molecule has 24 heavy (non-hydrogen) atoms. The first-order valence-electron chi connectivity index (χ1n) is 8.78. The van der Waals surface area contributed by atoms with Crippen LogP contribution in [-0.4, -0.2) is 52.4 Å². The van der Waals surface area contributed by atoms with E-state index in [2.05, 4.69) is 6.92 Å². The maximum atomic E-state index is 12.9. The summed E-state index contributed by atoms with van der Waals surface area (Å²) in [7, 11) is 0. The van der Waals surface area contributed by atoms with E-state index < -0.39 is 5.41 Å². The molecule has 6 heteroatoms. The lowest BCUT2D eigenvalue weighted by molar-refractivity contribution is -0.146. The van der Waals surface area contributed by atoms with Gasteiger partial charge in [0.2, 0.25) is 11.8 Å². The highest BCUT2D eigenvalue weighted by Crippen LogP contribution is 2.40. The van der Waals surface area contributed by atoms with Crippen LogP contribution in [0.4, 0.5) is 0 Å². The molecule has 2 saturated heterocycles. The van der Waals surface area contributed by atoms with Crippen molar-refractivity contribution >= 4 is 11.8 Å². The number of nitrogens with zero attached hydrogens (tertiary/aromatic N) is 3. The first kappa shape index (κ1) is 16.7. The molecule has 6 nitrogen and oxygen atoms in total. The average molecular weight is 331 g/mol. The summed E-state index contributed by atoms with van der Waals surface area (Å²) in [6.07, 6.45) is 5.19. The van der Waals surface area contributed by atoms with Gasteiger partial charge in [0.1, 0.15) is 6.54 Å². The number of rotatable bonds is 4. The maximum Gasteiger partial charge on any atom is 0.250 e. The third-order valence-corrected chi connectivity index (χ3v) is 5.23. The highest BCUT2D eigenvalue weighted by Gasteiger charge is 2.49. The number of carbonyl (C=O) groups is 2. The van der Waals surface area contributed by atoms with Crippen LogP contribution in [0.25, 0.3) is 0 Å². The molecule has 0 unspecified atom stereocenters. The summed E-state index contributed by atoms with van der Waals surface area (Å²) in [4.78, 5) is 40.9. The van der Waals surface area contributed by atoms with E-state index in [9.17, 15) is 14.4 Å². The Morgan fingerprint density at radius 1 is 1.21 bits per heavy atom. The highest BCUT2D eigenvalue weighted by atomic mass is 16.2. The Kier molecular flexibility index (Phi) is 4.73. The van der Waals surface area contributed by atoms with E-state index in [0.717, 1.165) is 38.8 Å². The fourth-order valence-electron chi connectivity index (χ4n) is 3.94. The van der Waals surface area contributed by atoms with Gasteiger partial charge in [-0.05, 0) is 31.7 Å². The lowest BCUT2D eigenvalue weighted by Gasteiger charge is -2.39. The molecule has 130 valence electrons. The van der Waals surface area contributed by atoms with E-state index in [0.29, 0.717) is 13.1 Å². The van der Waals surface area contributed by atoms with Crippen LogP contribution in [-0.2, 0) is 16.1 Å². The monoisotopic (exact) mass is 331 g/mol. The van der Waals surface area contributed by atoms with Gasteiger partial charge >= 0.3 is 0 Å². The first-order valence-corrected chi connectivity index (χ1v) is 8.78. The summed E-state index contributed by atoms with van der Waals surface area (Å²) < 4.78 is 1.42. The van der Waals surface area contributed by atoms with Crippen LogP contribution in [0.1, 0.15) is 32.6 Å². The van der Waals surface area contributed by atoms with E-state index in [4.69, 9.17) is 0 Å². The summed E-state index contributed by atoms with van der Waals surface area (Å²) in [6, 6.07) is 4.86. The second-order valence-corrected chi connectivity index (χ2v) is 6.91. The van der Waals surface area contributed by atoms with Gasteiger partial charge in [0.15, 0.2) is 0 Å². The molecule has 0 saturated carbocycles. The van der Waals surface area contributed by atoms with Crippen molar-refractivity contribution in [3.05, 3.63) is 34.7 Å². The standard InChI is InChI=1S/C18H25N3O3/c1-2-9-19-11-5-7-18(17(19)24)8-12-21(14-18)16(23)13-20-10-4-3-6-15(20)22/h3-4,6,10H,2,5,7-9,11-14H2,1H3/t18-/m1/s1. The maximum absolute atomic E-state index is 12.9. The minimum absolute atomic E-state index is 0.0443. The van der Waals surface area contributed by atoms with E-state index in [1.807, 2.05) is 4.90 Å². The smallest absolute Gasteiger partial charge is 0.250 e. The second kappa shape index (κ2) is 6.79. The summed E-state index contributed by atoms with van der Waals surface area (Å²) >= 11 is 0. The van der Waals surface area contributed by atoms with Crippen molar-refractivity contribution in [2.45, 2.75) is 39.2 Å². The lowest BCUT2D eigenvalue weighted by atomic mass is 9.78. The van der Waals surface area contributed by atoms with Crippen LogP contribution < -0.4 is 5.56 Å². The number of amides is 2. The third-order valence-electron chi connectivity index (χ3n) is 5.23. The molecule has 1 atom stereocenters. The largest absolute Gasteiger partial charge is 0.342 e. The molecule has 2 fully saturated rings. The van der Waals surface area contributed by atoms with Crippen LogP contribution in [0.5, 0.6) is 0 Å². The number of aromatic nitrogens is 1. The van der Waals surface area contributed by atoms with Gasteiger partial charge in [-0.3, -0.25) is 14.4 Å². The van der Waals surface area contributed by atoms with Crippen molar-refractivity contribution in [1.82, 2.24) is 14.4 Å². The summed E-state index contributed by atoms with van der Waals surface area (Å²) in [5.41, 5.74) is -0.576. The van der Waals surface area contributed by atoms with Crippen molar-refractivity contribution in [3.8, 4) is 0 Å². The zero-order valence-electron chi connectivity index (χ0n) is 14.2. The molecule has 2 aliphatic rings. The molecule has 2 amide bonds. The molecule has 3 heterocycles. The van der Waals surface area contributed by atoms with Crippen LogP contribution in [0, 0.1) is 5.41 Å². The molecule has 2 aliphatic heterocycles. The van der Waals surface area contributed by atoms with E-state index >= 15 is 0 Å². The van der Waals surface area contributed by atoms with Gasteiger partial charge in [0.25, 0.3) is 5.56 Å². The molecule has 3 rings (SSSR count). The van der Waals surface area contributed by atoms with Gasteiger partial charge in [-0.15, -0.1) is 0 Å². The topological polar surface area (TPSA) is 62.6 Å². The molecule has 1 spiro atoms. The Morgan fingerprint density at radius 3 is 2.79 bits per heavy atom. The van der Waals surface area contributed by atoms with E-state index in [-0.39, 0.29) is 23.9 Å². The average Bonchev–Trinajstić information content (AvgIpc) is 3.00. The third kappa shape index (κ3) is 3.09. The van der Waals surface area contributed by atoms with E-state index in [1.54, 1.807) is 23.2 Å². The van der Waals surface area contributed by atoms with Gasteiger partial charge in [0, 0.05) is 38.4 Å². The van der Waals surface area contributed by atoms with Crippen molar-refractivity contribution in [2.75, 3.05) is 26.2 Å². The Morgan fingerprint density at radius 2 is 2.04 bits per heavy atom. The van der Waals surface area contributed by atoms with Crippen molar-refractivity contribution in [1.29, 1.82) is 0 Å². The molecule has 1 aromatic rings. The van der Waals surface area contributed by atoms with Crippen LogP contribution in [0.15, 0.2) is 29.2 Å². The summed E-state index contributed by atoms with van der Waals surface area (Å²) in [6.45, 7) is 4.85. The predicted octanol–water partition coefficient (Wildman–Crippen LogP) is 1.10. The highest BCUT2D eigenvalue weighted by molar-refractivity contribution is 5.86. The lowest BCUT2D eigenvalue weighted by Crippen LogP contribution is -2.50. The Labute approximate surface area is 142 Å². The minimum Gasteiger partial charge on any atom is -0.342 e. The zero-order valence-corrected chi connectivity index (χ0v) is 14.2. The normalized spacial score (nSPS) is 24.0. The fourth-order valence-corrected chi connectivity index (χ4v) is 3.94. The van der Waals surface area contributed by atoms with Crippen LogP contribution in [0.3, 0.4) is 0 Å². The number of carbonyl (C=O) groups excluding carboxylic acids is 2. The summed E-state index contributed by atoms with van der Waals surface area (Å²) in [5.74, 6) is 0.128. The Hall–Kier alpha value is -2.11. The molecule has 0 radical (unpaired) electrons. The number of piperidine rings is 1. The fraction of sp³-hybridized carbons (Fsp3) is 0.611. The number of hydrogen-bond donors (Lipinski definition) is 0. The molecule has 0 N–H and O–H groups in total. The molecule has 0 bridgehead atoms. The molecular weight excluding hydrogens is 306 g/mol. The van der Waals surface area contributed by atoms with Gasteiger partial charge in [-0.25, -0.2) is 0 Å². The molecular formula is C18H25N3O3. The Bertz CT molecular complexity index is 682. The Balaban J connectivity index is 1.68. The van der Waals surface area contributed by atoms with Crippen molar-refractivity contribution in [3.63, 3.8) is 0 Å². The van der Waals surface area contributed by atoms with Gasteiger partial charge in [0.05, 0.1) is 5.41 Å². The predicted molar refractivity (Wildman–Crippen MR) is 90.4 cm³/mol. The first-order chi connectivity index (χ1) is 11.6. The second-order valence-electron chi connectivity index (χ2n) is 6.91. The van der Waals surface area contributed by atoms with Gasteiger partial charge in [-0.1, -0.05) is 13.0 Å². The van der Waals surface area contributed by atoms with Gasteiger partial charge in [-0.2, -0.15) is 0 Å². The number of hydrogen-bond acceptors (Lipinski definition) is 3. The van der Waals surface area contributed by atoms with Crippen molar-refractivity contribution < 1.29 is 9.59 Å². The minimum atomic E-state index is -0.398. The SMILES string of the molecule is CCCN1CCC[C@]2(CCN(C(=O)Cn3ccccc3=O)C2)C1=O. The quantitative estimate of drug-likeness (QED) is 0.830. The van der Waals surface area contributed by atoms with Crippen LogP contribution >= 0.6 is 0 Å².